The van der Waals surface area contributed by atoms with Crippen LogP contribution in [-0.4, -0.2) is 5.91 Å². The van der Waals surface area contributed by atoms with E-state index in [9.17, 15) is 13.6 Å². The Balaban J connectivity index is 1.64. The number of carbonyl (C=O) groups excluding carboxylic acids is 1. The third-order valence-electron chi connectivity index (χ3n) is 3.29. The van der Waals surface area contributed by atoms with Gasteiger partial charge in [0, 0.05) is 27.4 Å². The highest BCUT2D eigenvalue weighted by Crippen LogP contribution is 2.25. The highest BCUT2D eigenvalue weighted by Gasteiger charge is 2.12. The molecule has 134 valence electrons. The molecule has 3 nitrogen and oxygen atoms in total. The van der Waals surface area contributed by atoms with Crippen LogP contribution in [0, 0.1) is 11.6 Å². The van der Waals surface area contributed by atoms with Crippen molar-refractivity contribution in [3.8, 4) is 5.75 Å². The normalized spacial score (nSPS) is 10.6. The minimum Gasteiger partial charge on any atom is -0.486 e. The molecule has 1 aromatic heterocycles. The zero-order valence-electron chi connectivity index (χ0n) is 13.1. The highest BCUT2D eigenvalue weighted by molar-refractivity contribution is 7.12. The maximum absolute atomic E-state index is 13.5. The molecular weight excluding hydrogens is 403 g/mol. The van der Waals surface area contributed by atoms with E-state index >= 15 is 0 Å². The first kappa shape index (κ1) is 18.6. The molecule has 26 heavy (non-hydrogen) atoms. The van der Waals surface area contributed by atoms with Crippen LogP contribution in [-0.2, 0) is 6.61 Å². The molecule has 1 N–H and O–H groups in total. The van der Waals surface area contributed by atoms with Crippen LogP contribution in [0.4, 0.5) is 14.5 Å². The van der Waals surface area contributed by atoms with Crippen molar-refractivity contribution in [3.63, 3.8) is 0 Å². The van der Waals surface area contributed by atoms with Crippen LogP contribution >= 0.6 is 34.5 Å². The maximum Gasteiger partial charge on any atom is 0.265 e. The van der Waals surface area contributed by atoms with Crippen LogP contribution in [0.2, 0.25) is 10.0 Å². The lowest BCUT2D eigenvalue weighted by molar-refractivity contribution is 0.103. The number of amides is 1. The molecule has 0 spiro atoms. The Labute approximate surface area is 162 Å². The van der Waals surface area contributed by atoms with Gasteiger partial charge in [0.05, 0.1) is 4.88 Å². The average molecular weight is 414 g/mol. The molecule has 0 aliphatic rings. The number of anilines is 1. The standard InChI is InChI=1S/C18H11Cl2F2NO2S/c19-11-4-12(20)6-14(5-11)23-18(24)17-3-10(9-26-17)8-25-16-2-1-13(21)7-15(16)22/h1-7,9H,8H2,(H,23,24). The van der Waals surface area contributed by atoms with E-state index in [2.05, 4.69) is 5.32 Å². The fraction of sp³-hybridized carbons (Fsp3) is 0.0556. The van der Waals surface area contributed by atoms with E-state index in [0.717, 1.165) is 12.1 Å². The van der Waals surface area contributed by atoms with Gasteiger partial charge < -0.3 is 10.1 Å². The van der Waals surface area contributed by atoms with Gasteiger partial charge in [-0.15, -0.1) is 11.3 Å². The molecule has 0 atom stereocenters. The van der Waals surface area contributed by atoms with Gasteiger partial charge in [0.2, 0.25) is 0 Å². The van der Waals surface area contributed by atoms with Crippen LogP contribution < -0.4 is 10.1 Å². The molecule has 0 unspecified atom stereocenters. The Kier molecular flexibility index (Phi) is 5.76. The van der Waals surface area contributed by atoms with E-state index in [1.165, 1.54) is 17.4 Å². The molecule has 1 heterocycles. The van der Waals surface area contributed by atoms with Gasteiger partial charge in [-0.2, -0.15) is 0 Å². The second-order valence-corrected chi connectivity index (χ2v) is 7.08. The number of nitrogens with one attached hydrogen (secondary N) is 1. The monoisotopic (exact) mass is 413 g/mol. The van der Waals surface area contributed by atoms with E-state index in [1.807, 2.05) is 0 Å². The molecule has 0 saturated carbocycles. The topological polar surface area (TPSA) is 38.3 Å². The molecule has 3 rings (SSSR count). The van der Waals surface area contributed by atoms with Gasteiger partial charge in [0.1, 0.15) is 12.4 Å². The zero-order valence-corrected chi connectivity index (χ0v) is 15.4. The summed E-state index contributed by atoms with van der Waals surface area (Å²) in [6, 6.07) is 9.44. The predicted molar refractivity (Wildman–Crippen MR) is 99.4 cm³/mol. The van der Waals surface area contributed by atoms with Crippen molar-refractivity contribution in [1.29, 1.82) is 0 Å². The summed E-state index contributed by atoms with van der Waals surface area (Å²) in [4.78, 5) is 12.7. The molecular formula is C18H11Cl2F2NO2S. The first-order valence-corrected chi connectivity index (χ1v) is 8.97. The minimum atomic E-state index is -0.781. The number of thiophene rings is 1. The summed E-state index contributed by atoms with van der Waals surface area (Å²) in [6.45, 7) is 0.0509. The summed E-state index contributed by atoms with van der Waals surface area (Å²) in [5.41, 5.74) is 1.17. The summed E-state index contributed by atoms with van der Waals surface area (Å²) in [5.74, 6) is -1.84. The molecule has 0 radical (unpaired) electrons. The molecule has 0 bridgehead atoms. The highest BCUT2D eigenvalue weighted by atomic mass is 35.5. The van der Waals surface area contributed by atoms with Crippen molar-refractivity contribution in [2.24, 2.45) is 0 Å². The van der Waals surface area contributed by atoms with E-state index in [0.29, 0.717) is 26.2 Å². The van der Waals surface area contributed by atoms with E-state index in [1.54, 1.807) is 29.6 Å². The Bertz CT molecular complexity index is 942. The lowest BCUT2D eigenvalue weighted by Gasteiger charge is -2.06. The SMILES string of the molecule is O=C(Nc1cc(Cl)cc(Cl)c1)c1cc(COc2ccc(F)cc2F)cs1. The van der Waals surface area contributed by atoms with E-state index in [-0.39, 0.29) is 18.3 Å². The number of hydrogen-bond acceptors (Lipinski definition) is 3. The van der Waals surface area contributed by atoms with Gasteiger partial charge >= 0.3 is 0 Å². The zero-order chi connectivity index (χ0) is 18.7. The molecule has 0 fully saturated rings. The van der Waals surface area contributed by atoms with E-state index < -0.39 is 11.6 Å². The van der Waals surface area contributed by atoms with Crippen molar-refractivity contribution in [1.82, 2.24) is 0 Å². The molecule has 2 aromatic carbocycles. The number of benzene rings is 2. The van der Waals surface area contributed by atoms with E-state index in [4.69, 9.17) is 27.9 Å². The molecule has 8 heteroatoms. The van der Waals surface area contributed by atoms with Crippen LogP contribution in [0.1, 0.15) is 15.2 Å². The van der Waals surface area contributed by atoms with Gasteiger partial charge in [0.25, 0.3) is 5.91 Å². The molecule has 0 aliphatic carbocycles. The third-order valence-corrected chi connectivity index (χ3v) is 4.70. The molecule has 0 saturated heterocycles. The van der Waals surface area contributed by atoms with Crippen molar-refractivity contribution in [2.45, 2.75) is 6.61 Å². The Morgan fingerprint density at radius 1 is 1.08 bits per heavy atom. The lowest BCUT2D eigenvalue weighted by atomic mass is 10.3. The average Bonchev–Trinajstić information content (AvgIpc) is 3.02. The Morgan fingerprint density at radius 2 is 1.81 bits per heavy atom. The number of hydrogen-bond donors (Lipinski definition) is 1. The predicted octanol–water partition coefficient (Wildman–Crippen LogP) is 6.16. The maximum atomic E-state index is 13.5. The summed E-state index contributed by atoms with van der Waals surface area (Å²) < 4.78 is 31.7. The quantitative estimate of drug-likeness (QED) is 0.543. The van der Waals surface area contributed by atoms with Crippen molar-refractivity contribution in [2.75, 3.05) is 5.32 Å². The molecule has 1 amide bonds. The minimum absolute atomic E-state index is 0.0509. The fourth-order valence-electron chi connectivity index (χ4n) is 2.14. The summed E-state index contributed by atoms with van der Waals surface area (Å²) in [7, 11) is 0. The first-order valence-electron chi connectivity index (χ1n) is 7.33. The van der Waals surface area contributed by atoms with Crippen molar-refractivity contribution < 1.29 is 18.3 Å². The third kappa shape index (κ3) is 4.72. The first-order chi connectivity index (χ1) is 12.4. The Hall–Kier alpha value is -2.15. The number of rotatable bonds is 5. The second kappa shape index (κ2) is 8.03. The largest absolute Gasteiger partial charge is 0.486 e. The van der Waals surface area contributed by atoms with Crippen molar-refractivity contribution in [3.05, 3.63) is 80.0 Å². The van der Waals surface area contributed by atoms with Crippen LogP contribution in [0.25, 0.3) is 0 Å². The number of ether oxygens (including phenoxy) is 1. The smallest absolute Gasteiger partial charge is 0.265 e. The van der Waals surface area contributed by atoms with Crippen molar-refractivity contribution >= 4 is 46.1 Å². The molecule has 3 aromatic rings. The summed E-state index contributed by atoms with van der Waals surface area (Å²) in [6.07, 6.45) is 0. The van der Waals surface area contributed by atoms with Crippen LogP contribution in [0.15, 0.2) is 47.8 Å². The van der Waals surface area contributed by atoms with Crippen LogP contribution in [0.3, 0.4) is 0 Å². The van der Waals surface area contributed by atoms with Gasteiger partial charge in [-0.3, -0.25) is 4.79 Å². The van der Waals surface area contributed by atoms with Gasteiger partial charge in [-0.05, 0) is 41.8 Å². The fourth-order valence-corrected chi connectivity index (χ4v) is 3.46. The summed E-state index contributed by atoms with van der Waals surface area (Å²) in [5, 5.41) is 5.25. The van der Waals surface area contributed by atoms with Gasteiger partial charge in [-0.25, -0.2) is 8.78 Å². The van der Waals surface area contributed by atoms with Gasteiger partial charge in [-0.1, -0.05) is 23.2 Å². The lowest BCUT2D eigenvalue weighted by Crippen LogP contribution is -2.10. The van der Waals surface area contributed by atoms with Gasteiger partial charge in [0.15, 0.2) is 11.6 Å². The number of halogens is 4. The second-order valence-electron chi connectivity index (χ2n) is 5.29. The number of carbonyl (C=O) groups is 1. The Morgan fingerprint density at radius 3 is 2.50 bits per heavy atom. The molecule has 0 aliphatic heterocycles. The summed E-state index contributed by atoms with van der Waals surface area (Å²) >= 11 is 13.0. The van der Waals surface area contributed by atoms with Crippen LogP contribution in [0.5, 0.6) is 5.75 Å².